The summed E-state index contributed by atoms with van der Waals surface area (Å²) in [7, 11) is 0. The molecule has 0 radical (unpaired) electrons. The van der Waals surface area contributed by atoms with Gasteiger partial charge in [0.2, 0.25) is 5.91 Å². The maximum Gasteiger partial charge on any atom is 0.407 e. The third kappa shape index (κ3) is 4.65. The Kier molecular flexibility index (Phi) is 6.91. The van der Waals surface area contributed by atoms with Gasteiger partial charge < -0.3 is 20.1 Å². The molecule has 0 bridgehead atoms. The number of benzene rings is 2. The largest absolute Gasteiger partial charge is 0.480 e. The SMILES string of the molecule is CC(C)C[C@H](NC(=O)OCC1c2ccccc2-c2ccccc21)C(=O)N1CCC(C)C1C(=O)O. The smallest absolute Gasteiger partial charge is 0.407 e. The van der Waals surface area contributed by atoms with Gasteiger partial charge in [0.05, 0.1) is 0 Å². The summed E-state index contributed by atoms with van der Waals surface area (Å²) < 4.78 is 5.62. The molecule has 4 rings (SSSR count). The van der Waals surface area contributed by atoms with Gasteiger partial charge in [-0.1, -0.05) is 69.3 Å². The second-order valence-corrected chi connectivity index (χ2v) is 9.73. The Morgan fingerprint density at radius 1 is 1.06 bits per heavy atom. The molecular formula is C27H32N2O5. The Morgan fingerprint density at radius 2 is 1.65 bits per heavy atom. The van der Waals surface area contributed by atoms with Crippen LogP contribution in [0.25, 0.3) is 11.1 Å². The zero-order valence-electron chi connectivity index (χ0n) is 19.9. The van der Waals surface area contributed by atoms with E-state index in [9.17, 15) is 19.5 Å². The Bertz CT molecular complexity index is 1040. The number of amides is 2. The zero-order chi connectivity index (χ0) is 24.4. The number of nitrogens with one attached hydrogen (secondary N) is 1. The van der Waals surface area contributed by atoms with Gasteiger partial charge in [0.15, 0.2) is 0 Å². The molecule has 2 amide bonds. The molecule has 1 aliphatic carbocycles. The molecule has 2 N–H and O–H groups in total. The molecule has 3 atom stereocenters. The van der Waals surface area contributed by atoms with Crippen LogP contribution >= 0.6 is 0 Å². The summed E-state index contributed by atoms with van der Waals surface area (Å²) in [5.41, 5.74) is 4.51. The summed E-state index contributed by atoms with van der Waals surface area (Å²) in [4.78, 5) is 39.2. The fraction of sp³-hybridized carbons (Fsp3) is 0.444. The molecule has 0 saturated carbocycles. The third-order valence-electron chi connectivity index (χ3n) is 6.88. The van der Waals surface area contributed by atoms with Crippen molar-refractivity contribution in [1.82, 2.24) is 10.2 Å². The predicted molar refractivity (Wildman–Crippen MR) is 128 cm³/mol. The zero-order valence-corrected chi connectivity index (χ0v) is 19.9. The van der Waals surface area contributed by atoms with E-state index in [1.165, 1.54) is 4.90 Å². The number of fused-ring (bicyclic) bond motifs is 3. The quantitative estimate of drug-likeness (QED) is 0.638. The van der Waals surface area contributed by atoms with Crippen molar-refractivity contribution in [3.05, 3.63) is 59.7 Å². The number of carbonyl (C=O) groups is 3. The van der Waals surface area contributed by atoms with Crippen molar-refractivity contribution in [3.63, 3.8) is 0 Å². The van der Waals surface area contributed by atoms with Crippen LogP contribution in [0.2, 0.25) is 0 Å². The molecule has 0 aromatic heterocycles. The standard InChI is InChI=1S/C27H32N2O5/c1-16(2)14-23(25(30)29-13-12-17(3)24(29)26(31)32)28-27(33)34-15-22-20-10-6-4-8-18(20)19-9-5-7-11-21(19)22/h4-11,16-17,22-24H,12-15H2,1-3H3,(H,28,33)(H,31,32)/t17?,23-,24?/m0/s1. The summed E-state index contributed by atoms with van der Waals surface area (Å²) in [5.74, 6) is -1.45. The van der Waals surface area contributed by atoms with E-state index in [-0.39, 0.29) is 30.3 Å². The average Bonchev–Trinajstić information content (AvgIpc) is 3.34. The number of aliphatic carboxylic acids is 1. The van der Waals surface area contributed by atoms with Gasteiger partial charge in [0, 0.05) is 12.5 Å². The van der Waals surface area contributed by atoms with Gasteiger partial charge in [-0.2, -0.15) is 0 Å². The molecule has 2 unspecified atom stereocenters. The average molecular weight is 465 g/mol. The topological polar surface area (TPSA) is 95.9 Å². The van der Waals surface area contributed by atoms with Crippen LogP contribution in [0.4, 0.5) is 4.79 Å². The van der Waals surface area contributed by atoms with Crippen molar-refractivity contribution < 1.29 is 24.2 Å². The number of likely N-dealkylation sites (tertiary alicyclic amines) is 1. The Hall–Kier alpha value is -3.35. The minimum absolute atomic E-state index is 0.0757. The predicted octanol–water partition coefficient (Wildman–Crippen LogP) is 4.26. The number of carbonyl (C=O) groups excluding carboxylic acids is 2. The molecule has 1 fully saturated rings. The van der Waals surface area contributed by atoms with Crippen molar-refractivity contribution in [3.8, 4) is 11.1 Å². The summed E-state index contributed by atoms with van der Waals surface area (Å²) in [5, 5.41) is 12.3. The van der Waals surface area contributed by atoms with Gasteiger partial charge in [0.1, 0.15) is 18.7 Å². The fourth-order valence-electron chi connectivity index (χ4n) is 5.25. The van der Waals surface area contributed by atoms with Gasteiger partial charge in [-0.25, -0.2) is 9.59 Å². The molecule has 2 aromatic carbocycles. The summed E-state index contributed by atoms with van der Waals surface area (Å²) >= 11 is 0. The van der Waals surface area contributed by atoms with Crippen LogP contribution in [0.3, 0.4) is 0 Å². The summed E-state index contributed by atoms with van der Waals surface area (Å²) in [6.07, 6.45) is 0.363. The fourth-order valence-corrected chi connectivity index (χ4v) is 5.25. The van der Waals surface area contributed by atoms with Crippen LogP contribution in [0.5, 0.6) is 0 Å². The van der Waals surface area contributed by atoms with Gasteiger partial charge in [-0.15, -0.1) is 0 Å². The Labute approximate surface area is 200 Å². The maximum absolute atomic E-state index is 13.3. The number of rotatable bonds is 7. The van der Waals surface area contributed by atoms with E-state index in [2.05, 4.69) is 17.4 Å². The molecule has 7 heteroatoms. The lowest BCUT2D eigenvalue weighted by atomic mass is 9.98. The number of carboxylic acid groups (broad SMARTS) is 1. The van der Waals surface area contributed by atoms with Gasteiger partial charge >= 0.3 is 12.1 Å². The molecule has 1 aliphatic heterocycles. The lowest BCUT2D eigenvalue weighted by molar-refractivity contribution is -0.150. The van der Waals surface area contributed by atoms with Crippen LogP contribution < -0.4 is 5.32 Å². The molecule has 1 heterocycles. The van der Waals surface area contributed by atoms with Crippen LogP contribution in [0, 0.1) is 11.8 Å². The number of alkyl carbamates (subject to hydrolysis) is 1. The normalized spacial score (nSPS) is 20.1. The second-order valence-electron chi connectivity index (χ2n) is 9.73. The van der Waals surface area contributed by atoms with E-state index in [1.807, 2.05) is 57.2 Å². The highest BCUT2D eigenvalue weighted by atomic mass is 16.5. The van der Waals surface area contributed by atoms with E-state index < -0.39 is 24.1 Å². The van der Waals surface area contributed by atoms with Gasteiger partial charge in [-0.05, 0) is 46.9 Å². The Morgan fingerprint density at radius 3 is 2.21 bits per heavy atom. The first-order valence-corrected chi connectivity index (χ1v) is 11.9. The van der Waals surface area contributed by atoms with Crippen molar-refractivity contribution in [2.24, 2.45) is 11.8 Å². The highest BCUT2D eigenvalue weighted by Crippen LogP contribution is 2.44. The number of nitrogens with zero attached hydrogens (tertiary/aromatic N) is 1. The lowest BCUT2D eigenvalue weighted by Gasteiger charge is -2.29. The number of carboxylic acids is 1. The molecule has 0 spiro atoms. The molecule has 1 saturated heterocycles. The van der Waals surface area contributed by atoms with Crippen molar-refractivity contribution >= 4 is 18.0 Å². The first kappa shape index (κ1) is 23.8. The number of ether oxygens (including phenoxy) is 1. The highest BCUT2D eigenvalue weighted by molar-refractivity contribution is 5.90. The molecule has 34 heavy (non-hydrogen) atoms. The third-order valence-corrected chi connectivity index (χ3v) is 6.88. The van der Waals surface area contributed by atoms with Crippen LogP contribution in [-0.4, -0.2) is 53.2 Å². The van der Waals surface area contributed by atoms with Crippen LogP contribution in [-0.2, 0) is 14.3 Å². The van der Waals surface area contributed by atoms with Gasteiger partial charge in [0.25, 0.3) is 0 Å². The monoisotopic (exact) mass is 464 g/mol. The van der Waals surface area contributed by atoms with Crippen LogP contribution in [0.1, 0.15) is 50.7 Å². The first-order chi connectivity index (χ1) is 16.3. The van der Waals surface area contributed by atoms with Crippen molar-refractivity contribution in [1.29, 1.82) is 0 Å². The molecule has 2 aliphatic rings. The van der Waals surface area contributed by atoms with Crippen molar-refractivity contribution in [2.75, 3.05) is 13.2 Å². The Balaban J connectivity index is 1.45. The van der Waals surface area contributed by atoms with E-state index >= 15 is 0 Å². The van der Waals surface area contributed by atoms with E-state index in [0.29, 0.717) is 19.4 Å². The van der Waals surface area contributed by atoms with E-state index in [4.69, 9.17) is 4.74 Å². The molecular weight excluding hydrogens is 432 g/mol. The molecule has 180 valence electrons. The number of hydrogen-bond donors (Lipinski definition) is 2. The minimum atomic E-state index is -1.01. The highest BCUT2D eigenvalue weighted by Gasteiger charge is 2.42. The van der Waals surface area contributed by atoms with Crippen molar-refractivity contribution in [2.45, 2.75) is 51.6 Å². The first-order valence-electron chi connectivity index (χ1n) is 11.9. The maximum atomic E-state index is 13.3. The minimum Gasteiger partial charge on any atom is -0.480 e. The molecule has 7 nitrogen and oxygen atoms in total. The number of hydrogen-bond acceptors (Lipinski definition) is 4. The van der Waals surface area contributed by atoms with E-state index in [0.717, 1.165) is 22.3 Å². The van der Waals surface area contributed by atoms with Gasteiger partial charge in [-0.3, -0.25) is 4.79 Å². The molecule has 2 aromatic rings. The summed E-state index contributed by atoms with van der Waals surface area (Å²) in [6.45, 7) is 6.28. The summed E-state index contributed by atoms with van der Waals surface area (Å²) in [6, 6.07) is 14.5. The van der Waals surface area contributed by atoms with E-state index in [1.54, 1.807) is 0 Å². The van der Waals surface area contributed by atoms with Crippen LogP contribution in [0.15, 0.2) is 48.5 Å². The second kappa shape index (κ2) is 9.87. The lowest BCUT2D eigenvalue weighted by Crippen LogP contribution is -2.53.